The second kappa shape index (κ2) is 19.7. The molecule has 2 atom stereocenters. The number of hydrogen-bond acceptors (Lipinski definition) is 3. The highest BCUT2D eigenvalue weighted by molar-refractivity contribution is 5.50. The normalized spacial score (nSPS) is 15.2. The Morgan fingerprint density at radius 3 is 2.07 bits per heavy atom. The standard InChI is InChI=1S/C42H69N3/c1-12-13-16-21-41(35(9)44-39-24-22-38(23-25-39)29-31(2)3)45-37(11)42(26-19-27-42)36(10)43-28-18-15-14-17-20-34(8)40(33(6)7)30-32(4)5/h22-25,31,33,40-41,43-45H,4,8-21,26-30H2,1-3,5-7H3. The van der Waals surface area contributed by atoms with E-state index in [9.17, 15) is 0 Å². The Bertz CT molecular complexity index is 1090. The molecule has 3 N–H and O–H groups in total. The first-order chi connectivity index (χ1) is 21.4. The molecular formula is C42H69N3. The molecule has 2 unspecified atom stereocenters. The number of rotatable bonds is 25. The fourth-order valence-electron chi connectivity index (χ4n) is 6.72. The summed E-state index contributed by atoms with van der Waals surface area (Å²) in [5.41, 5.74) is 8.31. The van der Waals surface area contributed by atoms with E-state index < -0.39 is 0 Å². The van der Waals surface area contributed by atoms with Crippen LogP contribution in [0.5, 0.6) is 0 Å². The zero-order chi connectivity index (χ0) is 33.4. The van der Waals surface area contributed by atoms with Crippen molar-refractivity contribution in [2.24, 2.45) is 23.2 Å². The van der Waals surface area contributed by atoms with Crippen molar-refractivity contribution in [3.05, 3.63) is 91.0 Å². The number of benzene rings is 1. The van der Waals surface area contributed by atoms with Crippen molar-refractivity contribution in [3.63, 3.8) is 0 Å². The van der Waals surface area contributed by atoms with Crippen molar-refractivity contribution in [2.75, 3.05) is 11.9 Å². The van der Waals surface area contributed by atoms with Gasteiger partial charge in [-0.1, -0.05) is 123 Å². The molecule has 0 aromatic heterocycles. The van der Waals surface area contributed by atoms with Gasteiger partial charge in [-0.3, -0.25) is 0 Å². The number of anilines is 1. The third kappa shape index (κ3) is 12.9. The van der Waals surface area contributed by atoms with E-state index in [1.54, 1.807) is 0 Å². The molecule has 0 heterocycles. The second-order valence-electron chi connectivity index (χ2n) is 14.8. The van der Waals surface area contributed by atoms with Gasteiger partial charge in [0.1, 0.15) is 0 Å². The van der Waals surface area contributed by atoms with Crippen molar-refractivity contribution < 1.29 is 0 Å². The molecule has 1 saturated carbocycles. The molecule has 3 heteroatoms. The lowest BCUT2D eigenvalue weighted by Crippen LogP contribution is -2.46. The minimum absolute atomic E-state index is 0.0747. The first-order valence-electron chi connectivity index (χ1n) is 18.2. The molecule has 1 aliphatic carbocycles. The Kier molecular flexibility index (Phi) is 16.9. The van der Waals surface area contributed by atoms with Gasteiger partial charge in [-0.25, -0.2) is 0 Å². The highest BCUT2D eigenvalue weighted by Crippen LogP contribution is 2.50. The molecule has 0 radical (unpaired) electrons. The summed E-state index contributed by atoms with van der Waals surface area (Å²) in [4.78, 5) is 0. The third-order valence-corrected chi connectivity index (χ3v) is 9.79. The first kappa shape index (κ1) is 38.5. The van der Waals surface area contributed by atoms with E-state index in [0.717, 1.165) is 74.3 Å². The Labute approximate surface area is 279 Å². The van der Waals surface area contributed by atoms with Crippen LogP contribution in [0.4, 0.5) is 5.69 Å². The molecule has 1 aromatic rings. The maximum Gasteiger partial charge on any atom is 0.0654 e. The molecule has 0 saturated heterocycles. The summed E-state index contributed by atoms with van der Waals surface area (Å²) in [6.07, 6.45) is 16.2. The molecule has 1 fully saturated rings. The predicted octanol–water partition coefficient (Wildman–Crippen LogP) is 11.9. The van der Waals surface area contributed by atoms with Gasteiger partial charge in [-0.05, 0) is 93.7 Å². The highest BCUT2D eigenvalue weighted by atomic mass is 15.0. The summed E-state index contributed by atoms with van der Waals surface area (Å²) in [6, 6.07) is 8.96. The molecule has 2 rings (SSSR count). The zero-order valence-corrected chi connectivity index (χ0v) is 30.3. The lowest BCUT2D eigenvalue weighted by molar-refractivity contribution is 0.209. The fourth-order valence-corrected chi connectivity index (χ4v) is 6.72. The van der Waals surface area contributed by atoms with Crippen LogP contribution in [0.2, 0.25) is 0 Å². The number of allylic oxidation sites excluding steroid dienone is 2. The molecule has 0 bridgehead atoms. The van der Waals surface area contributed by atoms with Crippen LogP contribution in [0.25, 0.3) is 0 Å². The molecule has 1 aliphatic rings. The molecular weight excluding hydrogens is 546 g/mol. The maximum absolute atomic E-state index is 4.60. The van der Waals surface area contributed by atoms with Crippen LogP contribution in [0.3, 0.4) is 0 Å². The van der Waals surface area contributed by atoms with Gasteiger partial charge in [0, 0.05) is 34.7 Å². The molecule has 0 amide bonds. The van der Waals surface area contributed by atoms with Crippen LogP contribution in [0, 0.1) is 23.2 Å². The van der Waals surface area contributed by atoms with Gasteiger partial charge in [-0.2, -0.15) is 0 Å². The van der Waals surface area contributed by atoms with E-state index in [4.69, 9.17) is 0 Å². The maximum atomic E-state index is 4.60. The predicted molar refractivity (Wildman–Crippen MR) is 201 cm³/mol. The molecule has 45 heavy (non-hydrogen) atoms. The fraction of sp³-hybridized carbons (Fsp3) is 0.619. The number of unbranched alkanes of at least 4 members (excludes halogenated alkanes) is 5. The van der Waals surface area contributed by atoms with E-state index in [-0.39, 0.29) is 11.5 Å². The van der Waals surface area contributed by atoms with Crippen LogP contribution < -0.4 is 16.0 Å². The van der Waals surface area contributed by atoms with E-state index >= 15 is 0 Å². The van der Waals surface area contributed by atoms with Gasteiger partial charge in [0.2, 0.25) is 0 Å². The Morgan fingerprint density at radius 1 is 0.844 bits per heavy atom. The average Bonchev–Trinajstić information content (AvgIpc) is 2.94. The van der Waals surface area contributed by atoms with Gasteiger partial charge < -0.3 is 16.0 Å². The van der Waals surface area contributed by atoms with Crippen molar-refractivity contribution in [2.45, 2.75) is 137 Å². The average molecular weight is 616 g/mol. The van der Waals surface area contributed by atoms with Crippen LogP contribution in [0.15, 0.2) is 85.4 Å². The number of hydrogen-bond donors (Lipinski definition) is 3. The van der Waals surface area contributed by atoms with Crippen LogP contribution in [-0.2, 0) is 6.42 Å². The van der Waals surface area contributed by atoms with Crippen LogP contribution in [-0.4, -0.2) is 12.6 Å². The van der Waals surface area contributed by atoms with E-state index in [2.05, 4.69) is 115 Å². The summed E-state index contributed by atoms with van der Waals surface area (Å²) in [5, 5.41) is 11.2. The Hall–Kier alpha value is -2.68. The SMILES string of the molecule is C=C(C)CC(C(=C)CCCCCCNC(=C)C1(C(=C)NC(CCCCC)C(=C)Nc2ccc(CC(C)C)cc2)CCC1)C(C)C. The number of nitrogens with one attached hydrogen (secondary N) is 3. The van der Waals surface area contributed by atoms with Gasteiger partial charge in [0.25, 0.3) is 0 Å². The van der Waals surface area contributed by atoms with Crippen molar-refractivity contribution in [1.82, 2.24) is 10.6 Å². The van der Waals surface area contributed by atoms with Gasteiger partial charge in [0.05, 0.1) is 6.04 Å². The lowest BCUT2D eigenvalue weighted by atomic mass is 9.64. The van der Waals surface area contributed by atoms with Crippen LogP contribution >= 0.6 is 0 Å². The Morgan fingerprint density at radius 2 is 1.51 bits per heavy atom. The molecule has 0 spiro atoms. The smallest absolute Gasteiger partial charge is 0.0654 e. The van der Waals surface area contributed by atoms with E-state index in [1.807, 2.05) is 0 Å². The van der Waals surface area contributed by atoms with Crippen molar-refractivity contribution >= 4 is 5.69 Å². The second-order valence-corrected chi connectivity index (χ2v) is 14.8. The van der Waals surface area contributed by atoms with Gasteiger partial charge in [-0.15, -0.1) is 6.58 Å². The zero-order valence-electron chi connectivity index (χ0n) is 30.3. The summed E-state index contributed by atoms with van der Waals surface area (Å²) < 4.78 is 0. The van der Waals surface area contributed by atoms with Gasteiger partial charge in [0.15, 0.2) is 0 Å². The first-order valence-corrected chi connectivity index (χ1v) is 18.2. The van der Waals surface area contributed by atoms with Gasteiger partial charge >= 0.3 is 0 Å². The van der Waals surface area contributed by atoms with Crippen molar-refractivity contribution in [3.8, 4) is 0 Å². The third-order valence-electron chi connectivity index (χ3n) is 9.79. The van der Waals surface area contributed by atoms with Crippen LogP contribution in [0.1, 0.15) is 131 Å². The minimum atomic E-state index is -0.0747. The molecule has 252 valence electrons. The largest absolute Gasteiger partial charge is 0.388 e. The summed E-state index contributed by atoms with van der Waals surface area (Å²) in [7, 11) is 0. The van der Waals surface area contributed by atoms with E-state index in [1.165, 1.54) is 61.7 Å². The Balaban J connectivity index is 1.86. The summed E-state index contributed by atoms with van der Waals surface area (Å²) >= 11 is 0. The summed E-state index contributed by atoms with van der Waals surface area (Å²) in [6.45, 7) is 36.7. The minimum Gasteiger partial charge on any atom is -0.388 e. The monoisotopic (exact) mass is 616 g/mol. The lowest BCUT2D eigenvalue weighted by Gasteiger charge is -2.46. The highest BCUT2D eigenvalue weighted by Gasteiger charge is 2.43. The molecule has 1 aromatic carbocycles. The topological polar surface area (TPSA) is 36.1 Å². The summed E-state index contributed by atoms with van der Waals surface area (Å²) in [5.74, 6) is 1.85. The quantitative estimate of drug-likeness (QED) is 0.0756. The molecule has 0 aliphatic heterocycles. The van der Waals surface area contributed by atoms with E-state index in [0.29, 0.717) is 17.8 Å². The van der Waals surface area contributed by atoms with Crippen molar-refractivity contribution in [1.29, 1.82) is 0 Å². The molecule has 3 nitrogen and oxygen atoms in total.